The molecule has 0 fully saturated rings. The molecule has 0 heterocycles. The van der Waals surface area contributed by atoms with Crippen LogP contribution in [-0.2, 0) is 11.4 Å². The van der Waals surface area contributed by atoms with Gasteiger partial charge in [-0.05, 0) is 36.3 Å². The zero-order valence-corrected chi connectivity index (χ0v) is 15.0. The van der Waals surface area contributed by atoms with Gasteiger partial charge in [0.15, 0.2) is 11.5 Å². The van der Waals surface area contributed by atoms with Gasteiger partial charge in [0.1, 0.15) is 18.2 Å². The molecule has 0 saturated carbocycles. The van der Waals surface area contributed by atoms with Crippen molar-refractivity contribution in [1.82, 2.24) is 5.32 Å². The summed E-state index contributed by atoms with van der Waals surface area (Å²) in [6.45, 7) is 2.38. The Morgan fingerprint density at radius 3 is 2.48 bits per heavy atom. The zero-order chi connectivity index (χ0) is 19.8. The third-order valence-corrected chi connectivity index (χ3v) is 3.62. The van der Waals surface area contributed by atoms with Gasteiger partial charge in [0, 0.05) is 0 Å². The highest BCUT2D eigenvalue weighted by Crippen LogP contribution is 2.29. The minimum atomic E-state index is -1.03. The molecule has 0 aliphatic rings. The summed E-state index contributed by atoms with van der Waals surface area (Å²) >= 11 is 0. The average molecular weight is 365 g/mol. The summed E-state index contributed by atoms with van der Waals surface area (Å²) in [4.78, 5) is 22.5. The van der Waals surface area contributed by atoms with Crippen LogP contribution in [0, 0.1) is 18.3 Å². The summed E-state index contributed by atoms with van der Waals surface area (Å²) in [5, 5.41) is 10.9. The number of imide groups is 1. The molecule has 7 heteroatoms. The Morgan fingerprint density at radius 1 is 1.19 bits per heavy atom. The van der Waals surface area contributed by atoms with Crippen LogP contribution in [0.3, 0.4) is 0 Å². The second-order valence-corrected chi connectivity index (χ2v) is 5.67. The maximum atomic E-state index is 11.7. The number of hydrogen-bond donors (Lipinski definition) is 2. The summed E-state index contributed by atoms with van der Waals surface area (Å²) < 4.78 is 11.1. The molecule has 0 spiro atoms. The van der Waals surface area contributed by atoms with E-state index < -0.39 is 11.9 Å². The second kappa shape index (κ2) is 9.06. The first kappa shape index (κ1) is 19.5. The number of hydrogen-bond acceptors (Lipinski definition) is 5. The molecule has 2 rings (SSSR count). The van der Waals surface area contributed by atoms with Crippen LogP contribution >= 0.6 is 0 Å². The molecule has 0 atom stereocenters. The van der Waals surface area contributed by atoms with Crippen LogP contribution in [0.15, 0.2) is 48.0 Å². The van der Waals surface area contributed by atoms with Crippen molar-refractivity contribution in [3.05, 3.63) is 64.7 Å². The Kier molecular flexibility index (Phi) is 6.55. The monoisotopic (exact) mass is 365 g/mol. The lowest BCUT2D eigenvalue weighted by molar-refractivity contribution is -0.115. The molecule has 0 aliphatic carbocycles. The first-order chi connectivity index (χ1) is 12.9. The van der Waals surface area contributed by atoms with E-state index in [0.717, 1.165) is 5.56 Å². The predicted molar refractivity (Wildman–Crippen MR) is 99.8 cm³/mol. The van der Waals surface area contributed by atoms with Crippen molar-refractivity contribution in [3.8, 4) is 17.6 Å². The van der Waals surface area contributed by atoms with Crippen LogP contribution in [0.5, 0.6) is 11.5 Å². The summed E-state index contributed by atoms with van der Waals surface area (Å²) in [6, 6.07) is 13.6. The molecule has 2 aromatic carbocycles. The van der Waals surface area contributed by atoms with Gasteiger partial charge >= 0.3 is 6.03 Å². The van der Waals surface area contributed by atoms with Crippen LogP contribution in [0.1, 0.15) is 16.7 Å². The van der Waals surface area contributed by atoms with Crippen molar-refractivity contribution < 1.29 is 19.1 Å². The van der Waals surface area contributed by atoms with E-state index in [4.69, 9.17) is 20.5 Å². The van der Waals surface area contributed by atoms with Gasteiger partial charge in [-0.15, -0.1) is 0 Å². The van der Waals surface area contributed by atoms with Crippen molar-refractivity contribution in [2.45, 2.75) is 13.5 Å². The fourth-order valence-electron chi connectivity index (χ4n) is 2.23. The first-order valence-electron chi connectivity index (χ1n) is 8.02. The van der Waals surface area contributed by atoms with E-state index in [0.29, 0.717) is 23.7 Å². The first-order valence-corrected chi connectivity index (χ1v) is 8.02. The number of nitrogens with zero attached hydrogens (tertiary/aromatic N) is 1. The largest absolute Gasteiger partial charge is 0.493 e. The number of nitrogens with two attached hydrogens (primary N) is 1. The van der Waals surface area contributed by atoms with Gasteiger partial charge in [-0.1, -0.05) is 35.9 Å². The zero-order valence-electron chi connectivity index (χ0n) is 15.0. The smallest absolute Gasteiger partial charge is 0.319 e. The number of benzene rings is 2. The van der Waals surface area contributed by atoms with Gasteiger partial charge < -0.3 is 15.2 Å². The lowest BCUT2D eigenvalue weighted by Gasteiger charge is -2.12. The number of carbonyl (C=O) groups is 2. The Balaban J connectivity index is 2.18. The molecule has 3 amide bonds. The van der Waals surface area contributed by atoms with E-state index in [1.807, 2.05) is 36.5 Å². The quantitative estimate of drug-likeness (QED) is 0.603. The number of aryl methyl sites for hydroxylation is 1. The summed E-state index contributed by atoms with van der Waals surface area (Å²) in [7, 11) is 1.49. The highest BCUT2D eigenvalue weighted by Gasteiger charge is 2.12. The van der Waals surface area contributed by atoms with Gasteiger partial charge in [0.05, 0.1) is 7.11 Å². The molecule has 0 aliphatic heterocycles. The van der Waals surface area contributed by atoms with E-state index >= 15 is 0 Å². The molecule has 0 unspecified atom stereocenters. The molecule has 0 bridgehead atoms. The Bertz CT molecular complexity index is 912. The summed E-state index contributed by atoms with van der Waals surface area (Å²) in [5.74, 6) is 0.0995. The van der Waals surface area contributed by atoms with Crippen LogP contribution in [0.25, 0.3) is 6.08 Å². The van der Waals surface area contributed by atoms with Gasteiger partial charge in [-0.3, -0.25) is 10.1 Å². The van der Waals surface area contributed by atoms with Gasteiger partial charge in [-0.2, -0.15) is 5.26 Å². The number of primary amides is 1. The van der Waals surface area contributed by atoms with E-state index in [-0.39, 0.29) is 5.57 Å². The van der Waals surface area contributed by atoms with Crippen LogP contribution in [0.4, 0.5) is 4.79 Å². The van der Waals surface area contributed by atoms with Crippen molar-refractivity contribution in [1.29, 1.82) is 5.26 Å². The number of carbonyl (C=O) groups excluding carboxylic acids is 2. The minimum absolute atomic E-state index is 0.260. The molecule has 138 valence electrons. The Hall–Kier alpha value is -3.79. The molecule has 0 radical (unpaired) electrons. The van der Waals surface area contributed by atoms with E-state index in [2.05, 4.69) is 0 Å². The van der Waals surface area contributed by atoms with Crippen molar-refractivity contribution in [2.24, 2.45) is 5.73 Å². The molecule has 3 N–H and O–H groups in total. The summed E-state index contributed by atoms with van der Waals surface area (Å²) in [6.07, 6.45) is 1.32. The van der Waals surface area contributed by atoms with Crippen LogP contribution in [0.2, 0.25) is 0 Å². The third kappa shape index (κ3) is 5.61. The molecule has 0 saturated heterocycles. The van der Waals surface area contributed by atoms with E-state index in [9.17, 15) is 9.59 Å². The highest BCUT2D eigenvalue weighted by atomic mass is 16.5. The predicted octanol–water partition coefficient (Wildman–Crippen LogP) is 2.68. The fraction of sp³-hybridized carbons (Fsp3) is 0.150. The number of urea groups is 1. The Labute approximate surface area is 157 Å². The number of amides is 3. The maximum Gasteiger partial charge on any atom is 0.319 e. The maximum absolute atomic E-state index is 11.7. The van der Waals surface area contributed by atoms with Crippen LogP contribution < -0.4 is 20.5 Å². The molecule has 7 nitrogen and oxygen atoms in total. The normalized spacial score (nSPS) is 10.6. The molecule has 27 heavy (non-hydrogen) atoms. The fourth-order valence-corrected chi connectivity index (χ4v) is 2.23. The van der Waals surface area contributed by atoms with E-state index in [1.54, 1.807) is 24.3 Å². The topological polar surface area (TPSA) is 114 Å². The Morgan fingerprint density at radius 2 is 1.89 bits per heavy atom. The van der Waals surface area contributed by atoms with Gasteiger partial charge in [0.2, 0.25) is 0 Å². The van der Waals surface area contributed by atoms with Crippen molar-refractivity contribution >= 4 is 18.0 Å². The lowest BCUT2D eigenvalue weighted by atomic mass is 10.1. The van der Waals surface area contributed by atoms with Crippen molar-refractivity contribution in [2.75, 3.05) is 7.11 Å². The molecule has 2 aromatic rings. The number of methoxy groups -OCH3 is 1. The second-order valence-electron chi connectivity index (χ2n) is 5.67. The SMILES string of the molecule is COc1cc(/C=C(/C#N)C(=O)NC(N)=O)ccc1OCc1ccc(C)cc1. The summed E-state index contributed by atoms with van der Waals surface area (Å²) in [5.41, 5.74) is 7.35. The number of ether oxygens (including phenoxy) is 2. The molecular formula is C20H19N3O4. The van der Waals surface area contributed by atoms with Gasteiger partial charge in [-0.25, -0.2) is 4.79 Å². The molecule has 0 aromatic heterocycles. The average Bonchev–Trinajstić information content (AvgIpc) is 2.65. The number of nitrogens with one attached hydrogen (secondary N) is 1. The van der Waals surface area contributed by atoms with E-state index in [1.165, 1.54) is 18.7 Å². The minimum Gasteiger partial charge on any atom is -0.493 e. The van der Waals surface area contributed by atoms with Crippen molar-refractivity contribution in [3.63, 3.8) is 0 Å². The molecular weight excluding hydrogens is 346 g/mol. The third-order valence-electron chi connectivity index (χ3n) is 3.62. The highest BCUT2D eigenvalue weighted by molar-refractivity contribution is 6.08. The standard InChI is InChI=1S/C20H19N3O4/c1-13-3-5-14(6-4-13)12-27-17-8-7-15(10-18(17)26-2)9-16(11-21)19(24)23-20(22)25/h3-10H,12H2,1-2H3,(H3,22,23,24,25)/b16-9-. The van der Waals surface area contributed by atoms with Gasteiger partial charge in [0.25, 0.3) is 5.91 Å². The van der Waals surface area contributed by atoms with Crippen LogP contribution in [-0.4, -0.2) is 19.0 Å². The lowest BCUT2D eigenvalue weighted by Crippen LogP contribution is -2.35. The number of rotatable bonds is 6. The number of nitriles is 1.